The van der Waals surface area contributed by atoms with E-state index in [0.29, 0.717) is 0 Å². The number of rotatable bonds is 0. The predicted octanol–water partition coefficient (Wildman–Crippen LogP) is 4.97. The maximum absolute atomic E-state index is 9.26. The second-order valence-corrected chi connectivity index (χ2v) is 6.05. The first-order chi connectivity index (χ1) is 9.22. The maximum Gasteiger partial charge on any atom is 0.0994 e. The molecule has 1 nitrogen and oxygen atoms in total. The van der Waals surface area contributed by atoms with Crippen LogP contribution >= 0.6 is 23.4 Å². The molecule has 0 aromatic heterocycles. The third kappa shape index (κ3) is 2.04. The lowest BCUT2D eigenvalue weighted by atomic mass is 9.88. The molecule has 3 heteroatoms. The van der Waals surface area contributed by atoms with Crippen molar-refractivity contribution in [1.82, 2.24) is 0 Å². The van der Waals surface area contributed by atoms with Crippen molar-refractivity contribution in [2.24, 2.45) is 0 Å². The van der Waals surface area contributed by atoms with Gasteiger partial charge in [-0.2, -0.15) is 5.26 Å². The lowest BCUT2D eigenvalue weighted by Gasteiger charge is -2.15. The van der Waals surface area contributed by atoms with E-state index in [0.717, 1.165) is 26.8 Å². The van der Waals surface area contributed by atoms with Crippen LogP contribution in [0.1, 0.15) is 35.1 Å². The summed E-state index contributed by atoms with van der Waals surface area (Å²) >= 11 is 8.04. The van der Waals surface area contributed by atoms with Gasteiger partial charge in [-0.25, -0.2) is 0 Å². The van der Waals surface area contributed by atoms with Crippen LogP contribution in [0.25, 0.3) is 0 Å². The van der Waals surface area contributed by atoms with E-state index in [1.165, 1.54) is 11.1 Å². The highest BCUT2D eigenvalue weighted by Crippen LogP contribution is 2.44. The number of nitriles is 1. The molecule has 0 saturated heterocycles. The summed E-state index contributed by atoms with van der Waals surface area (Å²) in [5, 5.41) is 10.1. The molecule has 0 bridgehead atoms. The zero-order chi connectivity index (χ0) is 13.4. The van der Waals surface area contributed by atoms with E-state index in [1.54, 1.807) is 11.8 Å². The van der Waals surface area contributed by atoms with Crippen molar-refractivity contribution in [2.45, 2.75) is 23.5 Å². The van der Waals surface area contributed by atoms with E-state index in [-0.39, 0.29) is 5.92 Å². The molecular weight excluding hydrogens is 274 g/mol. The molecule has 2 aromatic carbocycles. The van der Waals surface area contributed by atoms with Crippen LogP contribution in [0.15, 0.2) is 41.3 Å². The van der Waals surface area contributed by atoms with Crippen molar-refractivity contribution in [3.8, 4) is 6.07 Å². The first-order valence-electron chi connectivity index (χ1n) is 6.15. The van der Waals surface area contributed by atoms with Crippen molar-refractivity contribution < 1.29 is 0 Å². The van der Waals surface area contributed by atoms with Crippen LogP contribution in [0.5, 0.6) is 0 Å². The molecule has 0 fully saturated rings. The Balaban J connectivity index is 2.23. The zero-order valence-electron chi connectivity index (χ0n) is 10.5. The van der Waals surface area contributed by atoms with Crippen LogP contribution in [0.2, 0.25) is 5.02 Å². The fraction of sp³-hybridized carbons (Fsp3) is 0.188. The summed E-state index contributed by atoms with van der Waals surface area (Å²) in [7, 11) is 0. The van der Waals surface area contributed by atoms with Crippen molar-refractivity contribution in [2.75, 3.05) is 0 Å². The van der Waals surface area contributed by atoms with Crippen LogP contribution < -0.4 is 0 Å². The number of hydrogen-bond donors (Lipinski definition) is 0. The predicted molar refractivity (Wildman–Crippen MR) is 79.7 cm³/mol. The van der Waals surface area contributed by atoms with Crippen LogP contribution in [0, 0.1) is 11.3 Å². The number of nitrogens with zero attached hydrogens (tertiary/aromatic N) is 1. The number of halogens is 1. The molecule has 3 rings (SSSR count). The number of benzene rings is 2. The monoisotopic (exact) mass is 285 g/mol. The molecule has 1 heterocycles. The van der Waals surface area contributed by atoms with E-state index >= 15 is 0 Å². The molecule has 1 aliphatic rings. The van der Waals surface area contributed by atoms with E-state index in [4.69, 9.17) is 11.6 Å². The minimum absolute atomic E-state index is 0.270. The highest BCUT2D eigenvalue weighted by molar-refractivity contribution is 7.98. The number of fused-ring (bicyclic) bond motifs is 2. The van der Waals surface area contributed by atoms with Gasteiger partial charge in [0.2, 0.25) is 0 Å². The van der Waals surface area contributed by atoms with Crippen LogP contribution in [-0.2, 0) is 5.75 Å². The van der Waals surface area contributed by atoms with Gasteiger partial charge in [0.05, 0.1) is 16.7 Å². The lowest BCUT2D eigenvalue weighted by molar-refractivity contribution is 0.889. The van der Waals surface area contributed by atoms with Gasteiger partial charge in [0.15, 0.2) is 0 Å². The van der Waals surface area contributed by atoms with Crippen LogP contribution in [-0.4, -0.2) is 0 Å². The molecule has 1 aliphatic heterocycles. The van der Waals surface area contributed by atoms with Gasteiger partial charge >= 0.3 is 0 Å². The molecule has 0 aliphatic carbocycles. The molecular formula is C16H12ClNS. The topological polar surface area (TPSA) is 23.8 Å². The van der Waals surface area contributed by atoms with Gasteiger partial charge in [-0.05, 0) is 28.8 Å². The molecule has 19 heavy (non-hydrogen) atoms. The largest absolute Gasteiger partial charge is 0.192 e. The normalized spacial score (nSPS) is 17.0. The zero-order valence-corrected chi connectivity index (χ0v) is 12.1. The molecule has 2 aromatic rings. The summed E-state index contributed by atoms with van der Waals surface area (Å²) in [5.74, 6) is 1.08. The van der Waals surface area contributed by atoms with Gasteiger partial charge in [0.25, 0.3) is 0 Å². The first kappa shape index (κ1) is 12.6. The smallest absolute Gasteiger partial charge is 0.0994 e. The Morgan fingerprint density at radius 2 is 1.95 bits per heavy atom. The molecule has 1 atom stereocenters. The summed E-state index contributed by atoms with van der Waals surface area (Å²) < 4.78 is 0. The van der Waals surface area contributed by atoms with E-state index in [2.05, 4.69) is 25.1 Å². The average Bonchev–Trinajstić information content (AvgIpc) is 2.58. The van der Waals surface area contributed by atoms with E-state index in [9.17, 15) is 5.26 Å². The Morgan fingerprint density at radius 3 is 2.74 bits per heavy atom. The Morgan fingerprint density at radius 1 is 1.21 bits per heavy atom. The Kier molecular flexibility index (Phi) is 3.26. The minimum Gasteiger partial charge on any atom is -0.192 e. The van der Waals surface area contributed by atoms with Crippen molar-refractivity contribution >= 4 is 23.4 Å². The van der Waals surface area contributed by atoms with Crippen molar-refractivity contribution in [3.63, 3.8) is 0 Å². The van der Waals surface area contributed by atoms with E-state index in [1.807, 2.05) is 24.3 Å². The van der Waals surface area contributed by atoms with Gasteiger partial charge in [0.1, 0.15) is 0 Å². The third-order valence-electron chi connectivity index (χ3n) is 3.62. The fourth-order valence-electron chi connectivity index (χ4n) is 2.61. The first-order valence-corrected chi connectivity index (χ1v) is 7.52. The van der Waals surface area contributed by atoms with Crippen LogP contribution in [0.3, 0.4) is 0 Å². The third-order valence-corrected chi connectivity index (χ3v) is 5.23. The Labute approximate surface area is 122 Å². The second kappa shape index (κ2) is 4.92. The highest BCUT2D eigenvalue weighted by Gasteiger charge is 2.23. The highest BCUT2D eigenvalue weighted by atomic mass is 35.5. The maximum atomic E-state index is 9.26. The van der Waals surface area contributed by atoms with Crippen molar-refractivity contribution in [1.29, 1.82) is 5.26 Å². The summed E-state index contributed by atoms with van der Waals surface area (Å²) in [4.78, 5) is 1.15. The van der Waals surface area contributed by atoms with E-state index < -0.39 is 0 Å². The summed E-state index contributed by atoms with van der Waals surface area (Å²) in [6.45, 7) is 2.18. The molecule has 1 unspecified atom stereocenters. The lowest BCUT2D eigenvalue weighted by Crippen LogP contribution is -2.00. The molecule has 0 spiro atoms. The quantitative estimate of drug-likeness (QED) is 0.682. The molecule has 94 valence electrons. The standard InChI is InChI=1S/C16H12ClNS/c1-10-12-5-2-4-11(8-18)14(12)9-19-16-13(10)6-3-7-15(16)17/h2-7,10H,9H2,1H3. The second-order valence-electron chi connectivity index (χ2n) is 4.65. The van der Waals surface area contributed by atoms with Crippen LogP contribution in [0.4, 0.5) is 0 Å². The van der Waals surface area contributed by atoms with Gasteiger partial charge < -0.3 is 0 Å². The van der Waals surface area contributed by atoms with Gasteiger partial charge in [-0.3, -0.25) is 0 Å². The summed E-state index contributed by atoms with van der Waals surface area (Å²) in [6, 6.07) is 14.3. The average molecular weight is 286 g/mol. The summed E-state index contributed by atoms with van der Waals surface area (Å²) in [6.07, 6.45) is 0. The number of thioether (sulfide) groups is 1. The van der Waals surface area contributed by atoms with Gasteiger partial charge in [0, 0.05) is 16.6 Å². The van der Waals surface area contributed by atoms with Gasteiger partial charge in [-0.15, -0.1) is 11.8 Å². The molecule has 0 saturated carbocycles. The molecule has 0 amide bonds. The summed E-state index contributed by atoms with van der Waals surface area (Å²) in [5.41, 5.74) is 4.43. The fourth-order valence-corrected chi connectivity index (χ4v) is 4.18. The van der Waals surface area contributed by atoms with Crippen molar-refractivity contribution in [3.05, 3.63) is 63.7 Å². The molecule has 0 N–H and O–H groups in total. The minimum atomic E-state index is 0.270. The SMILES string of the molecule is CC1c2cccc(C#N)c2CSc2c(Cl)cccc21. The van der Waals surface area contributed by atoms with Gasteiger partial charge in [-0.1, -0.05) is 42.8 Å². The molecule has 0 radical (unpaired) electrons. The Hall–Kier alpha value is -1.43. The number of hydrogen-bond acceptors (Lipinski definition) is 2. The Bertz CT molecular complexity index is 688.